The van der Waals surface area contributed by atoms with Gasteiger partial charge in [-0.2, -0.15) is 0 Å². The second-order valence-electron chi connectivity index (χ2n) is 4.61. The second-order valence-corrected chi connectivity index (χ2v) is 4.61. The van der Waals surface area contributed by atoms with E-state index in [4.69, 9.17) is 5.11 Å². The van der Waals surface area contributed by atoms with Gasteiger partial charge in [-0.15, -0.1) is 0 Å². The maximum atomic E-state index is 13.5. The van der Waals surface area contributed by atoms with E-state index < -0.39 is 23.4 Å². The molecule has 1 heterocycles. The summed E-state index contributed by atoms with van der Waals surface area (Å²) in [4.78, 5) is 33.8. The average molecular weight is 295 g/mol. The van der Waals surface area contributed by atoms with Crippen molar-refractivity contribution >= 4 is 23.6 Å². The highest BCUT2D eigenvalue weighted by Gasteiger charge is 2.21. The Balaban J connectivity index is 2.01. The molecule has 1 aromatic carbocycles. The number of anilines is 1. The maximum Gasteiger partial charge on any atom is 0.340 e. The molecule has 1 saturated heterocycles. The zero-order chi connectivity index (χ0) is 15.4. The quantitative estimate of drug-likeness (QED) is 0.665. The van der Waals surface area contributed by atoms with E-state index in [0.717, 1.165) is 6.07 Å². The van der Waals surface area contributed by atoms with Crippen LogP contribution >= 0.6 is 0 Å². The van der Waals surface area contributed by atoms with Gasteiger partial charge < -0.3 is 21.1 Å². The fourth-order valence-corrected chi connectivity index (χ4v) is 2.05. The largest absolute Gasteiger partial charge is 0.478 e. The number of urea groups is 1. The minimum Gasteiger partial charge on any atom is -0.478 e. The third-order valence-electron chi connectivity index (χ3n) is 3.08. The van der Waals surface area contributed by atoms with Crippen molar-refractivity contribution in [1.29, 1.82) is 0 Å². The molecule has 0 aromatic heterocycles. The Bertz CT molecular complexity index is 581. The van der Waals surface area contributed by atoms with E-state index in [0.29, 0.717) is 19.4 Å². The molecule has 0 aliphatic carbocycles. The molecule has 21 heavy (non-hydrogen) atoms. The molecule has 112 valence electrons. The molecule has 7 nitrogen and oxygen atoms in total. The minimum atomic E-state index is -1.46. The number of benzene rings is 1. The molecular formula is C13H14FN3O4. The molecule has 2 rings (SSSR count). The highest BCUT2D eigenvalue weighted by atomic mass is 19.1. The van der Waals surface area contributed by atoms with E-state index in [-0.39, 0.29) is 17.6 Å². The fraction of sp³-hybridized carbons (Fsp3) is 0.308. The predicted octanol–water partition coefficient (Wildman–Crippen LogP) is 0.924. The van der Waals surface area contributed by atoms with Crippen LogP contribution in [0.15, 0.2) is 18.2 Å². The molecule has 3 amide bonds. The van der Waals surface area contributed by atoms with Gasteiger partial charge >= 0.3 is 12.0 Å². The van der Waals surface area contributed by atoms with Crippen molar-refractivity contribution in [2.75, 3.05) is 11.9 Å². The first-order valence-electron chi connectivity index (χ1n) is 6.33. The van der Waals surface area contributed by atoms with Crippen LogP contribution in [-0.4, -0.2) is 35.6 Å². The lowest BCUT2D eigenvalue weighted by atomic mass is 10.1. The first-order valence-corrected chi connectivity index (χ1v) is 6.33. The molecule has 1 atom stereocenters. The molecular weight excluding hydrogens is 281 g/mol. The van der Waals surface area contributed by atoms with Crippen LogP contribution in [0, 0.1) is 5.82 Å². The van der Waals surface area contributed by atoms with Crippen molar-refractivity contribution in [3.63, 3.8) is 0 Å². The normalized spacial score (nSPS) is 17.8. The summed E-state index contributed by atoms with van der Waals surface area (Å²) in [6.07, 6.45) is 0.805. The second kappa shape index (κ2) is 6.21. The standard InChI is InChI=1S/C13H14FN3O4/c14-8-2-1-3-9(11(8)12(19)20)17-13(21)16-7-4-5-10(18)15-6-7/h1-3,7H,4-6H2,(H,15,18)(H,19,20)(H2,16,17,21). The number of halogens is 1. The summed E-state index contributed by atoms with van der Waals surface area (Å²) in [7, 11) is 0. The zero-order valence-electron chi connectivity index (χ0n) is 11.0. The Morgan fingerprint density at radius 2 is 2.14 bits per heavy atom. The number of carbonyl (C=O) groups is 3. The summed E-state index contributed by atoms with van der Waals surface area (Å²) in [5.74, 6) is -2.47. The number of amides is 3. The monoisotopic (exact) mass is 295 g/mol. The van der Waals surface area contributed by atoms with E-state index in [1.165, 1.54) is 12.1 Å². The van der Waals surface area contributed by atoms with Gasteiger partial charge in [0.2, 0.25) is 5.91 Å². The van der Waals surface area contributed by atoms with Crippen LogP contribution in [0.5, 0.6) is 0 Å². The van der Waals surface area contributed by atoms with Crippen LogP contribution in [0.2, 0.25) is 0 Å². The Morgan fingerprint density at radius 1 is 1.38 bits per heavy atom. The number of hydrogen-bond donors (Lipinski definition) is 4. The molecule has 8 heteroatoms. The molecule has 1 aliphatic heterocycles. The van der Waals surface area contributed by atoms with Crippen molar-refractivity contribution in [3.8, 4) is 0 Å². The van der Waals surface area contributed by atoms with E-state index in [2.05, 4.69) is 16.0 Å². The number of aromatic carboxylic acids is 1. The lowest BCUT2D eigenvalue weighted by Gasteiger charge is -2.23. The summed E-state index contributed by atoms with van der Waals surface area (Å²) in [6.45, 7) is 0.307. The van der Waals surface area contributed by atoms with E-state index >= 15 is 0 Å². The molecule has 4 N–H and O–H groups in total. The molecule has 0 bridgehead atoms. The SMILES string of the molecule is O=C1CCC(NC(=O)Nc2cccc(F)c2C(=O)O)CN1. The third kappa shape index (κ3) is 3.68. The molecule has 0 saturated carbocycles. The summed E-state index contributed by atoms with van der Waals surface area (Å²) >= 11 is 0. The number of carbonyl (C=O) groups excluding carboxylic acids is 2. The van der Waals surface area contributed by atoms with Gasteiger partial charge in [0.05, 0.1) is 5.69 Å². The van der Waals surface area contributed by atoms with Crippen molar-refractivity contribution < 1.29 is 23.9 Å². The van der Waals surface area contributed by atoms with Crippen LogP contribution in [0.25, 0.3) is 0 Å². The molecule has 1 aliphatic rings. The number of carboxylic acids is 1. The summed E-state index contributed by atoms with van der Waals surface area (Å²) in [5, 5.41) is 16.5. The van der Waals surface area contributed by atoms with Crippen LogP contribution in [0.3, 0.4) is 0 Å². The van der Waals surface area contributed by atoms with Gasteiger partial charge in [0.15, 0.2) is 0 Å². The smallest absolute Gasteiger partial charge is 0.340 e. The number of carboxylic acid groups (broad SMARTS) is 1. The topological polar surface area (TPSA) is 108 Å². The zero-order valence-corrected chi connectivity index (χ0v) is 11.0. The molecule has 0 radical (unpaired) electrons. The van der Waals surface area contributed by atoms with Crippen LogP contribution < -0.4 is 16.0 Å². The number of hydrogen-bond acceptors (Lipinski definition) is 3. The number of rotatable bonds is 3. The molecule has 1 aromatic rings. The van der Waals surface area contributed by atoms with Gasteiger partial charge in [-0.3, -0.25) is 4.79 Å². The first-order chi connectivity index (χ1) is 9.97. The van der Waals surface area contributed by atoms with Crippen molar-refractivity contribution in [3.05, 3.63) is 29.6 Å². The van der Waals surface area contributed by atoms with Gasteiger partial charge in [-0.05, 0) is 18.6 Å². The van der Waals surface area contributed by atoms with Gasteiger partial charge in [0.25, 0.3) is 0 Å². The van der Waals surface area contributed by atoms with Gasteiger partial charge in [0, 0.05) is 19.0 Å². The van der Waals surface area contributed by atoms with Crippen molar-refractivity contribution in [1.82, 2.24) is 10.6 Å². The van der Waals surface area contributed by atoms with Gasteiger partial charge in [-0.1, -0.05) is 6.07 Å². The van der Waals surface area contributed by atoms with E-state index in [1.807, 2.05) is 0 Å². The maximum absolute atomic E-state index is 13.5. The Labute approximate surface area is 119 Å². The Kier molecular flexibility index (Phi) is 4.36. The summed E-state index contributed by atoms with van der Waals surface area (Å²) in [6, 6.07) is 2.71. The van der Waals surface area contributed by atoms with Crippen LogP contribution in [0.1, 0.15) is 23.2 Å². The Hall–Kier alpha value is -2.64. The fourth-order valence-electron chi connectivity index (χ4n) is 2.05. The van der Waals surface area contributed by atoms with Crippen molar-refractivity contribution in [2.45, 2.75) is 18.9 Å². The summed E-state index contributed by atoms with van der Waals surface area (Å²) < 4.78 is 13.5. The van der Waals surface area contributed by atoms with Crippen molar-refractivity contribution in [2.24, 2.45) is 0 Å². The van der Waals surface area contributed by atoms with E-state index in [9.17, 15) is 18.8 Å². The number of piperidine rings is 1. The third-order valence-corrected chi connectivity index (χ3v) is 3.08. The summed E-state index contributed by atoms with van der Waals surface area (Å²) in [5.41, 5.74) is -0.718. The first kappa shape index (κ1) is 14.8. The molecule has 1 unspecified atom stereocenters. The average Bonchev–Trinajstić information content (AvgIpc) is 2.41. The lowest BCUT2D eigenvalue weighted by molar-refractivity contribution is -0.122. The van der Waals surface area contributed by atoms with Crippen LogP contribution in [0.4, 0.5) is 14.9 Å². The number of nitrogens with one attached hydrogen (secondary N) is 3. The molecule has 1 fully saturated rings. The minimum absolute atomic E-state index is 0.0771. The van der Waals surface area contributed by atoms with Crippen LogP contribution in [-0.2, 0) is 4.79 Å². The highest BCUT2D eigenvalue weighted by molar-refractivity contribution is 6.00. The highest BCUT2D eigenvalue weighted by Crippen LogP contribution is 2.19. The van der Waals surface area contributed by atoms with Gasteiger partial charge in [0.1, 0.15) is 11.4 Å². The molecule has 0 spiro atoms. The van der Waals surface area contributed by atoms with Gasteiger partial charge in [-0.25, -0.2) is 14.0 Å². The Morgan fingerprint density at radius 3 is 2.76 bits per heavy atom. The predicted molar refractivity (Wildman–Crippen MR) is 71.5 cm³/mol. The van der Waals surface area contributed by atoms with E-state index in [1.54, 1.807) is 0 Å². The lowest BCUT2D eigenvalue weighted by Crippen LogP contribution is -2.49.